The van der Waals surface area contributed by atoms with Crippen molar-refractivity contribution in [3.05, 3.63) is 40.1 Å². The fourth-order valence-electron chi connectivity index (χ4n) is 1.91. The van der Waals surface area contributed by atoms with Gasteiger partial charge in [0.15, 0.2) is 0 Å². The summed E-state index contributed by atoms with van der Waals surface area (Å²) < 4.78 is 3.39. The van der Waals surface area contributed by atoms with Crippen LogP contribution < -0.4 is 5.73 Å². The number of nitrogens with two attached hydrogens (primary N) is 1. The predicted octanol–water partition coefficient (Wildman–Crippen LogP) is 2.90. The molecule has 0 saturated carbocycles. The maximum Gasteiger partial charge on any atom is 0.0597 e. The molecule has 2 rings (SSSR count). The average Bonchev–Trinajstić information content (AvgIpc) is 2.44. The number of pyridine rings is 1. The molecule has 0 aromatic carbocycles. The van der Waals surface area contributed by atoms with Gasteiger partial charge in [0, 0.05) is 28.8 Å². The molecule has 80 valence electrons. The van der Waals surface area contributed by atoms with Gasteiger partial charge in [0.1, 0.15) is 0 Å². The van der Waals surface area contributed by atoms with Crippen LogP contribution >= 0.6 is 15.9 Å². The van der Waals surface area contributed by atoms with Crippen LogP contribution in [-0.2, 0) is 6.42 Å². The summed E-state index contributed by atoms with van der Waals surface area (Å²) in [5.74, 6) is 0. The van der Waals surface area contributed by atoms with E-state index in [2.05, 4.69) is 45.6 Å². The SMILES string of the molecule is Cc1c(Br)c2ccccn2c1CC(C)N. The maximum atomic E-state index is 5.86. The van der Waals surface area contributed by atoms with Crippen molar-refractivity contribution in [1.29, 1.82) is 0 Å². The van der Waals surface area contributed by atoms with Gasteiger partial charge in [-0.25, -0.2) is 0 Å². The number of rotatable bonds is 2. The topological polar surface area (TPSA) is 30.4 Å². The first-order chi connectivity index (χ1) is 7.11. The monoisotopic (exact) mass is 266 g/mol. The first-order valence-electron chi connectivity index (χ1n) is 5.11. The number of hydrogen-bond acceptors (Lipinski definition) is 1. The lowest BCUT2D eigenvalue weighted by Crippen LogP contribution is -2.19. The minimum Gasteiger partial charge on any atom is -0.328 e. The molecule has 2 aromatic rings. The number of hydrogen-bond donors (Lipinski definition) is 1. The number of fused-ring (bicyclic) bond motifs is 1. The zero-order chi connectivity index (χ0) is 11.0. The van der Waals surface area contributed by atoms with E-state index >= 15 is 0 Å². The molecule has 0 aliphatic heterocycles. The van der Waals surface area contributed by atoms with Gasteiger partial charge in [0.25, 0.3) is 0 Å². The Bertz CT molecular complexity index is 486. The summed E-state index contributed by atoms with van der Waals surface area (Å²) in [7, 11) is 0. The molecule has 0 fully saturated rings. The van der Waals surface area contributed by atoms with Gasteiger partial charge in [-0.1, -0.05) is 6.07 Å². The van der Waals surface area contributed by atoms with Crippen molar-refractivity contribution in [3.8, 4) is 0 Å². The van der Waals surface area contributed by atoms with E-state index in [4.69, 9.17) is 5.73 Å². The normalized spacial score (nSPS) is 13.3. The molecule has 0 radical (unpaired) electrons. The van der Waals surface area contributed by atoms with Crippen LogP contribution in [0.1, 0.15) is 18.2 Å². The summed E-state index contributed by atoms with van der Waals surface area (Å²) in [5, 5.41) is 0. The minimum absolute atomic E-state index is 0.189. The molecule has 0 amide bonds. The highest BCUT2D eigenvalue weighted by Gasteiger charge is 2.13. The quantitative estimate of drug-likeness (QED) is 0.891. The van der Waals surface area contributed by atoms with Crippen LogP contribution in [0, 0.1) is 6.92 Å². The third kappa shape index (κ3) is 1.82. The molecule has 3 heteroatoms. The van der Waals surface area contributed by atoms with E-state index in [-0.39, 0.29) is 6.04 Å². The van der Waals surface area contributed by atoms with Crippen molar-refractivity contribution in [2.24, 2.45) is 5.73 Å². The minimum atomic E-state index is 0.189. The van der Waals surface area contributed by atoms with Crippen molar-refractivity contribution >= 4 is 21.4 Å². The van der Waals surface area contributed by atoms with Crippen molar-refractivity contribution in [2.75, 3.05) is 0 Å². The lowest BCUT2D eigenvalue weighted by Gasteiger charge is -2.06. The predicted molar refractivity (Wildman–Crippen MR) is 67.2 cm³/mol. The smallest absolute Gasteiger partial charge is 0.0597 e. The Hall–Kier alpha value is -0.800. The molecule has 1 unspecified atom stereocenters. The van der Waals surface area contributed by atoms with Gasteiger partial charge in [-0.05, 0) is 47.5 Å². The Morgan fingerprint density at radius 3 is 2.87 bits per heavy atom. The standard InChI is InChI=1S/C12H15BrN2/c1-8(14)7-11-9(2)12(13)10-5-3-4-6-15(10)11/h3-6,8H,7,14H2,1-2H3. The molecule has 0 aliphatic carbocycles. The summed E-state index contributed by atoms with van der Waals surface area (Å²) in [4.78, 5) is 0. The van der Waals surface area contributed by atoms with E-state index in [1.54, 1.807) is 0 Å². The lowest BCUT2D eigenvalue weighted by molar-refractivity contribution is 0.713. The molecule has 2 nitrogen and oxygen atoms in total. The molecular formula is C12H15BrN2. The number of nitrogens with zero attached hydrogens (tertiary/aromatic N) is 1. The highest BCUT2D eigenvalue weighted by Crippen LogP contribution is 2.28. The summed E-state index contributed by atoms with van der Waals surface area (Å²) in [6.07, 6.45) is 2.99. The Labute approximate surface area is 98.2 Å². The summed E-state index contributed by atoms with van der Waals surface area (Å²) in [6.45, 7) is 4.17. The molecule has 2 aromatic heterocycles. The van der Waals surface area contributed by atoms with E-state index in [1.165, 1.54) is 21.2 Å². The zero-order valence-corrected chi connectivity index (χ0v) is 10.6. The van der Waals surface area contributed by atoms with E-state index in [9.17, 15) is 0 Å². The molecule has 0 spiro atoms. The largest absolute Gasteiger partial charge is 0.328 e. The first kappa shape index (κ1) is 10.7. The maximum absolute atomic E-state index is 5.86. The Kier molecular flexibility index (Phi) is 2.85. The van der Waals surface area contributed by atoms with Crippen LogP contribution in [0.25, 0.3) is 5.52 Å². The van der Waals surface area contributed by atoms with Gasteiger partial charge in [-0.15, -0.1) is 0 Å². The number of halogens is 1. The highest BCUT2D eigenvalue weighted by atomic mass is 79.9. The molecule has 1 atom stereocenters. The van der Waals surface area contributed by atoms with E-state index in [0.29, 0.717) is 0 Å². The van der Waals surface area contributed by atoms with Crippen LogP contribution in [-0.4, -0.2) is 10.4 Å². The fraction of sp³-hybridized carbons (Fsp3) is 0.333. The Morgan fingerprint density at radius 2 is 2.20 bits per heavy atom. The molecule has 2 N–H and O–H groups in total. The second-order valence-electron chi connectivity index (χ2n) is 4.02. The van der Waals surface area contributed by atoms with E-state index in [0.717, 1.165) is 6.42 Å². The first-order valence-corrected chi connectivity index (χ1v) is 5.90. The molecule has 2 heterocycles. The summed E-state index contributed by atoms with van der Waals surface area (Å²) in [5.41, 5.74) is 9.67. The van der Waals surface area contributed by atoms with Crippen molar-refractivity contribution in [3.63, 3.8) is 0 Å². The second kappa shape index (κ2) is 3.99. The summed E-state index contributed by atoms with van der Waals surface area (Å²) >= 11 is 3.63. The Balaban J connectivity index is 2.66. The fourth-order valence-corrected chi connectivity index (χ4v) is 2.47. The van der Waals surface area contributed by atoms with Crippen LogP contribution in [0.3, 0.4) is 0 Å². The number of aromatic nitrogens is 1. The molecular weight excluding hydrogens is 252 g/mol. The van der Waals surface area contributed by atoms with Gasteiger partial charge in [-0.2, -0.15) is 0 Å². The molecule has 0 aliphatic rings. The van der Waals surface area contributed by atoms with Crippen molar-refractivity contribution in [2.45, 2.75) is 26.3 Å². The lowest BCUT2D eigenvalue weighted by atomic mass is 10.1. The highest BCUT2D eigenvalue weighted by molar-refractivity contribution is 9.10. The van der Waals surface area contributed by atoms with Crippen LogP contribution in [0.15, 0.2) is 28.9 Å². The Morgan fingerprint density at radius 1 is 1.47 bits per heavy atom. The van der Waals surface area contributed by atoms with Crippen LogP contribution in [0.5, 0.6) is 0 Å². The van der Waals surface area contributed by atoms with Gasteiger partial charge in [0.05, 0.1) is 5.52 Å². The van der Waals surface area contributed by atoms with Gasteiger partial charge >= 0.3 is 0 Å². The average molecular weight is 267 g/mol. The van der Waals surface area contributed by atoms with Crippen LogP contribution in [0.4, 0.5) is 0 Å². The van der Waals surface area contributed by atoms with Gasteiger partial charge < -0.3 is 10.1 Å². The van der Waals surface area contributed by atoms with E-state index < -0.39 is 0 Å². The van der Waals surface area contributed by atoms with Crippen molar-refractivity contribution in [1.82, 2.24) is 4.40 Å². The third-order valence-electron chi connectivity index (χ3n) is 2.65. The van der Waals surface area contributed by atoms with Gasteiger partial charge in [0.2, 0.25) is 0 Å². The zero-order valence-electron chi connectivity index (χ0n) is 9.00. The van der Waals surface area contributed by atoms with E-state index in [1.807, 2.05) is 13.0 Å². The van der Waals surface area contributed by atoms with Gasteiger partial charge in [-0.3, -0.25) is 0 Å². The van der Waals surface area contributed by atoms with Crippen molar-refractivity contribution < 1.29 is 0 Å². The summed E-state index contributed by atoms with van der Waals surface area (Å²) in [6, 6.07) is 6.40. The molecule has 0 bridgehead atoms. The third-order valence-corrected chi connectivity index (χ3v) is 3.65. The molecule has 0 saturated heterocycles. The van der Waals surface area contributed by atoms with Crippen LogP contribution in [0.2, 0.25) is 0 Å². The molecule has 15 heavy (non-hydrogen) atoms. The second-order valence-corrected chi connectivity index (χ2v) is 4.82.